The molecule has 0 aliphatic heterocycles. The van der Waals surface area contributed by atoms with Crippen LogP contribution in [0.2, 0.25) is 0 Å². The van der Waals surface area contributed by atoms with Crippen molar-refractivity contribution in [2.24, 2.45) is 0 Å². The molecule has 106 valence electrons. The van der Waals surface area contributed by atoms with Crippen molar-refractivity contribution in [1.29, 1.82) is 0 Å². The quantitative estimate of drug-likeness (QED) is 0.851. The molecule has 0 spiro atoms. The summed E-state index contributed by atoms with van der Waals surface area (Å²) in [5.41, 5.74) is 1.58. The molecule has 2 nitrogen and oxygen atoms in total. The second kappa shape index (κ2) is 7.12. The molecule has 0 saturated heterocycles. The van der Waals surface area contributed by atoms with E-state index in [2.05, 4.69) is 5.32 Å². The Labute approximate surface area is 117 Å². The first-order valence-electron chi connectivity index (χ1n) is 6.50. The van der Waals surface area contributed by atoms with Crippen molar-refractivity contribution in [3.63, 3.8) is 0 Å². The van der Waals surface area contributed by atoms with Gasteiger partial charge in [0, 0.05) is 25.1 Å². The highest BCUT2D eigenvalue weighted by molar-refractivity contribution is 5.20. The molecule has 2 N–H and O–H groups in total. The Hall–Kier alpha value is -1.78. The van der Waals surface area contributed by atoms with Gasteiger partial charge in [0.2, 0.25) is 0 Å². The Bertz CT molecular complexity index is 525. The van der Waals surface area contributed by atoms with Crippen molar-refractivity contribution < 1.29 is 13.9 Å². The van der Waals surface area contributed by atoms with Crippen LogP contribution in [0.15, 0.2) is 48.5 Å². The van der Waals surface area contributed by atoms with E-state index in [1.807, 2.05) is 30.3 Å². The average molecular weight is 277 g/mol. The molecule has 0 fully saturated rings. The highest BCUT2D eigenvalue weighted by Crippen LogP contribution is 2.14. The lowest BCUT2D eigenvalue weighted by atomic mass is 10.00. The maximum absolute atomic E-state index is 13.0. The maximum Gasteiger partial charge on any atom is 0.126 e. The van der Waals surface area contributed by atoms with Gasteiger partial charge in [-0.2, -0.15) is 0 Å². The summed E-state index contributed by atoms with van der Waals surface area (Å²) in [6, 6.07) is 13.1. The molecule has 2 aromatic carbocycles. The van der Waals surface area contributed by atoms with E-state index in [1.54, 1.807) is 0 Å². The molecule has 0 aromatic heterocycles. The summed E-state index contributed by atoms with van der Waals surface area (Å²) in [5, 5.41) is 12.5. The third-order valence-corrected chi connectivity index (χ3v) is 3.13. The molecule has 0 bridgehead atoms. The lowest BCUT2D eigenvalue weighted by molar-refractivity contribution is 0.261. The van der Waals surface area contributed by atoms with Gasteiger partial charge in [0.1, 0.15) is 11.6 Å². The molecular formula is C16H17F2NO. The third-order valence-electron chi connectivity index (χ3n) is 3.13. The van der Waals surface area contributed by atoms with Gasteiger partial charge in [-0.1, -0.05) is 30.3 Å². The van der Waals surface area contributed by atoms with Gasteiger partial charge in [-0.25, -0.2) is 8.78 Å². The molecule has 0 amide bonds. The normalized spacial score (nSPS) is 12.3. The SMILES string of the molecule is OC[C@@H](CNCc1cc(F)cc(F)c1)c1ccccc1. The van der Waals surface area contributed by atoms with Gasteiger partial charge in [-0.05, 0) is 23.3 Å². The van der Waals surface area contributed by atoms with E-state index in [0.29, 0.717) is 18.7 Å². The van der Waals surface area contributed by atoms with Crippen LogP contribution in [0, 0.1) is 11.6 Å². The molecule has 4 heteroatoms. The summed E-state index contributed by atoms with van der Waals surface area (Å²) in [5.74, 6) is -1.19. The maximum atomic E-state index is 13.0. The number of halogens is 2. The molecular weight excluding hydrogens is 260 g/mol. The Morgan fingerprint density at radius 1 is 1.00 bits per heavy atom. The smallest absolute Gasteiger partial charge is 0.126 e. The average Bonchev–Trinajstić information content (AvgIpc) is 2.43. The van der Waals surface area contributed by atoms with Crippen molar-refractivity contribution in [2.75, 3.05) is 13.2 Å². The number of hydrogen-bond acceptors (Lipinski definition) is 2. The van der Waals surface area contributed by atoms with Crippen molar-refractivity contribution >= 4 is 0 Å². The largest absolute Gasteiger partial charge is 0.396 e. The Morgan fingerprint density at radius 3 is 2.25 bits per heavy atom. The van der Waals surface area contributed by atoms with Crippen LogP contribution in [0.3, 0.4) is 0 Å². The monoisotopic (exact) mass is 277 g/mol. The van der Waals surface area contributed by atoms with Crippen LogP contribution in [0.25, 0.3) is 0 Å². The fourth-order valence-electron chi connectivity index (χ4n) is 2.12. The molecule has 0 saturated carbocycles. The molecule has 2 aromatic rings. The first kappa shape index (κ1) is 14.6. The molecule has 0 aliphatic rings. The zero-order valence-electron chi connectivity index (χ0n) is 11.0. The summed E-state index contributed by atoms with van der Waals surface area (Å²) in [4.78, 5) is 0. The number of aliphatic hydroxyl groups excluding tert-OH is 1. The van der Waals surface area contributed by atoms with Gasteiger partial charge in [-0.3, -0.25) is 0 Å². The predicted molar refractivity (Wildman–Crippen MR) is 74.3 cm³/mol. The molecule has 2 rings (SSSR count). The lowest BCUT2D eigenvalue weighted by Crippen LogP contribution is -2.23. The minimum atomic E-state index is -0.580. The van der Waals surface area contributed by atoms with Crippen LogP contribution in [-0.4, -0.2) is 18.3 Å². The fraction of sp³-hybridized carbons (Fsp3) is 0.250. The topological polar surface area (TPSA) is 32.3 Å². The minimum Gasteiger partial charge on any atom is -0.396 e. The Kier molecular flexibility index (Phi) is 5.21. The summed E-state index contributed by atoms with van der Waals surface area (Å²) in [6.07, 6.45) is 0. The molecule has 1 atom stereocenters. The van der Waals surface area contributed by atoms with Gasteiger partial charge < -0.3 is 10.4 Å². The number of rotatable bonds is 6. The molecule has 0 heterocycles. The van der Waals surface area contributed by atoms with E-state index >= 15 is 0 Å². The second-order valence-corrected chi connectivity index (χ2v) is 4.70. The number of benzene rings is 2. The van der Waals surface area contributed by atoms with Crippen molar-refractivity contribution in [2.45, 2.75) is 12.5 Å². The van der Waals surface area contributed by atoms with Gasteiger partial charge in [0.15, 0.2) is 0 Å². The number of hydrogen-bond donors (Lipinski definition) is 2. The zero-order valence-corrected chi connectivity index (χ0v) is 11.0. The standard InChI is InChI=1S/C16H17F2NO/c17-15-6-12(7-16(18)8-15)9-19-10-14(11-20)13-4-2-1-3-5-13/h1-8,14,19-20H,9-11H2/t14-/m1/s1. The summed E-state index contributed by atoms with van der Waals surface area (Å²) in [6.45, 7) is 0.922. The first-order valence-corrected chi connectivity index (χ1v) is 6.50. The van der Waals surface area contributed by atoms with E-state index < -0.39 is 11.6 Å². The van der Waals surface area contributed by atoms with Crippen LogP contribution >= 0.6 is 0 Å². The molecule has 0 unspecified atom stereocenters. The van der Waals surface area contributed by atoms with E-state index in [-0.39, 0.29) is 12.5 Å². The van der Waals surface area contributed by atoms with E-state index in [0.717, 1.165) is 11.6 Å². The predicted octanol–water partition coefficient (Wildman–Crippen LogP) is 2.83. The molecule has 0 aliphatic carbocycles. The second-order valence-electron chi connectivity index (χ2n) is 4.70. The van der Waals surface area contributed by atoms with Crippen LogP contribution < -0.4 is 5.32 Å². The first-order chi connectivity index (χ1) is 9.69. The van der Waals surface area contributed by atoms with E-state index in [4.69, 9.17) is 0 Å². The highest BCUT2D eigenvalue weighted by atomic mass is 19.1. The fourth-order valence-corrected chi connectivity index (χ4v) is 2.12. The Balaban J connectivity index is 1.91. The third kappa shape index (κ3) is 4.11. The van der Waals surface area contributed by atoms with E-state index in [1.165, 1.54) is 12.1 Å². The number of nitrogens with one attached hydrogen (secondary N) is 1. The van der Waals surface area contributed by atoms with Crippen molar-refractivity contribution in [1.82, 2.24) is 5.32 Å². The van der Waals surface area contributed by atoms with Crippen LogP contribution in [-0.2, 0) is 6.54 Å². The van der Waals surface area contributed by atoms with Crippen LogP contribution in [0.1, 0.15) is 17.0 Å². The van der Waals surface area contributed by atoms with Gasteiger partial charge >= 0.3 is 0 Å². The zero-order chi connectivity index (χ0) is 14.4. The van der Waals surface area contributed by atoms with Gasteiger partial charge in [0.05, 0.1) is 6.61 Å². The summed E-state index contributed by atoms with van der Waals surface area (Å²) < 4.78 is 26.1. The van der Waals surface area contributed by atoms with Crippen molar-refractivity contribution in [3.05, 3.63) is 71.3 Å². The summed E-state index contributed by atoms with van der Waals surface area (Å²) in [7, 11) is 0. The van der Waals surface area contributed by atoms with Gasteiger partial charge in [-0.15, -0.1) is 0 Å². The highest BCUT2D eigenvalue weighted by Gasteiger charge is 2.09. The van der Waals surface area contributed by atoms with Crippen molar-refractivity contribution in [3.8, 4) is 0 Å². The van der Waals surface area contributed by atoms with Crippen LogP contribution in [0.5, 0.6) is 0 Å². The lowest BCUT2D eigenvalue weighted by Gasteiger charge is -2.15. The minimum absolute atomic E-state index is 0.0223. The van der Waals surface area contributed by atoms with E-state index in [9.17, 15) is 13.9 Å². The molecule has 0 radical (unpaired) electrons. The molecule has 20 heavy (non-hydrogen) atoms. The summed E-state index contributed by atoms with van der Waals surface area (Å²) >= 11 is 0. The number of aliphatic hydroxyl groups is 1. The van der Waals surface area contributed by atoms with Crippen LogP contribution in [0.4, 0.5) is 8.78 Å². The van der Waals surface area contributed by atoms with Gasteiger partial charge in [0.25, 0.3) is 0 Å². The Morgan fingerprint density at radius 2 is 1.65 bits per heavy atom.